The number of carbonyl (C=O) groups is 5. The number of ether oxygens (including phenoxy) is 1. The van der Waals surface area contributed by atoms with E-state index in [1.165, 1.54) is 40.9 Å². The second kappa shape index (κ2) is 11.9. The first-order chi connectivity index (χ1) is 18.7. The highest BCUT2D eigenvalue weighted by atomic mass is 32.2. The number of aromatic nitrogens is 5. The van der Waals surface area contributed by atoms with Crippen molar-refractivity contribution in [3.8, 4) is 0 Å². The Hall–Kier alpha value is -3.78. The number of carboxylic acids is 1. The lowest BCUT2D eigenvalue weighted by atomic mass is 9.89. The summed E-state index contributed by atoms with van der Waals surface area (Å²) in [7, 11) is 2.47. The van der Waals surface area contributed by atoms with Crippen LogP contribution in [0.2, 0.25) is 0 Å². The second-order valence-electron chi connectivity index (χ2n) is 8.11. The van der Waals surface area contributed by atoms with Crippen LogP contribution in [-0.2, 0) is 40.1 Å². The molecule has 2 fully saturated rings. The van der Waals surface area contributed by atoms with Crippen molar-refractivity contribution in [1.29, 1.82) is 0 Å². The molecular weight excluding hydrogens is 578 g/mol. The van der Waals surface area contributed by atoms with E-state index in [1.54, 1.807) is 0 Å². The standard InChI is InChI=1S/C19H21N9O8S3/c1-35-10(30)3-28-18(23-25-26-28)39-7-19(16(33)34)5-27-14(32)12(15(27)38-6-19)22-13(31)11(24-36-2)9-4-37-17(21-9)20-8-29/h4,8,12,15H,3,5-7H2,1-2H3,(H,22,31)(H,33,34)(H,20,21,29)/t12?,15-,19?/m1/s1. The molecule has 2 saturated heterocycles. The normalized spacial score (nSPS) is 22.4. The van der Waals surface area contributed by atoms with E-state index in [1.807, 2.05) is 0 Å². The fourth-order valence-electron chi connectivity index (χ4n) is 3.70. The van der Waals surface area contributed by atoms with Crippen LogP contribution in [0.15, 0.2) is 15.7 Å². The van der Waals surface area contributed by atoms with Gasteiger partial charge in [0.25, 0.3) is 5.91 Å². The molecule has 4 rings (SSSR count). The molecular formula is C19H21N9O8S3. The lowest BCUT2D eigenvalue weighted by Crippen LogP contribution is -2.74. The molecule has 3 N–H and O–H groups in total. The van der Waals surface area contributed by atoms with Crippen LogP contribution >= 0.6 is 34.9 Å². The Kier molecular flexibility index (Phi) is 8.65. The molecule has 2 unspecified atom stereocenters. The van der Waals surface area contributed by atoms with Gasteiger partial charge in [0.1, 0.15) is 36.2 Å². The van der Waals surface area contributed by atoms with Gasteiger partial charge in [-0.25, -0.2) is 9.67 Å². The molecule has 2 aromatic heterocycles. The Bertz CT molecular complexity index is 1320. The molecule has 39 heavy (non-hydrogen) atoms. The molecule has 0 bridgehead atoms. The van der Waals surface area contributed by atoms with Crippen molar-refractivity contribution < 1.29 is 38.7 Å². The van der Waals surface area contributed by atoms with E-state index in [9.17, 15) is 29.1 Å². The first-order valence-electron chi connectivity index (χ1n) is 10.9. The molecule has 4 heterocycles. The number of oxime groups is 1. The number of esters is 1. The molecule has 0 radical (unpaired) electrons. The summed E-state index contributed by atoms with van der Waals surface area (Å²) in [5, 5.41) is 31.3. The lowest BCUT2D eigenvalue weighted by Gasteiger charge is -2.53. The van der Waals surface area contributed by atoms with Gasteiger partial charge < -0.3 is 30.2 Å². The molecule has 3 amide bonds. The summed E-state index contributed by atoms with van der Waals surface area (Å²) in [6, 6.07) is -0.914. The minimum absolute atomic E-state index is 0.0238. The van der Waals surface area contributed by atoms with Gasteiger partial charge in [0.15, 0.2) is 10.8 Å². The van der Waals surface area contributed by atoms with Crippen LogP contribution in [-0.4, -0.2) is 115 Å². The number of nitrogens with zero attached hydrogens (tertiary/aromatic N) is 7. The van der Waals surface area contributed by atoms with Crippen LogP contribution in [0.4, 0.5) is 5.13 Å². The topological polar surface area (TPSA) is 220 Å². The summed E-state index contributed by atoms with van der Waals surface area (Å²) in [4.78, 5) is 70.7. The largest absolute Gasteiger partial charge is 0.481 e. The van der Waals surface area contributed by atoms with E-state index in [4.69, 9.17) is 4.84 Å². The molecule has 0 saturated carbocycles. The van der Waals surface area contributed by atoms with Gasteiger partial charge >= 0.3 is 11.9 Å². The zero-order valence-electron chi connectivity index (χ0n) is 20.3. The summed E-state index contributed by atoms with van der Waals surface area (Å²) in [5.41, 5.74) is -1.38. The van der Waals surface area contributed by atoms with E-state index in [2.05, 4.69) is 41.0 Å². The highest BCUT2D eigenvalue weighted by Gasteiger charge is 2.57. The van der Waals surface area contributed by atoms with Crippen LogP contribution in [0.25, 0.3) is 0 Å². The van der Waals surface area contributed by atoms with Crippen LogP contribution in [0.1, 0.15) is 5.69 Å². The molecule has 2 aliphatic heterocycles. The number of rotatable bonds is 12. The second-order valence-corrected chi connectivity index (χ2v) is 11.0. The molecule has 0 aromatic carbocycles. The van der Waals surface area contributed by atoms with Gasteiger partial charge in [0.2, 0.25) is 17.5 Å². The summed E-state index contributed by atoms with van der Waals surface area (Å²) < 4.78 is 5.81. The number of methoxy groups -OCH3 is 1. The number of amides is 3. The number of carbonyl (C=O) groups excluding carboxylic acids is 4. The zero-order valence-corrected chi connectivity index (χ0v) is 22.7. The number of tetrazole rings is 1. The molecule has 208 valence electrons. The summed E-state index contributed by atoms with van der Waals surface area (Å²) in [6.07, 6.45) is 0.442. The average Bonchev–Trinajstić information content (AvgIpc) is 3.58. The predicted octanol–water partition coefficient (Wildman–Crippen LogP) is -1.52. The molecule has 0 aliphatic carbocycles. The Morgan fingerprint density at radius 2 is 2.18 bits per heavy atom. The lowest BCUT2D eigenvalue weighted by molar-refractivity contribution is -0.157. The van der Waals surface area contributed by atoms with E-state index in [0.29, 0.717) is 6.41 Å². The highest BCUT2D eigenvalue weighted by Crippen LogP contribution is 2.44. The summed E-state index contributed by atoms with van der Waals surface area (Å²) in [6.45, 7) is -0.332. The van der Waals surface area contributed by atoms with Gasteiger partial charge in [-0.05, 0) is 10.4 Å². The number of fused-ring (bicyclic) bond motifs is 1. The monoisotopic (exact) mass is 599 g/mol. The fraction of sp³-hybridized carbons (Fsp3) is 0.474. The fourth-order valence-corrected chi connectivity index (χ4v) is 7.09. The van der Waals surface area contributed by atoms with E-state index in [-0.39, 0.29) is 46.3 Å². The van der Waals surface area contributed by atoms with E-state index < -0.39 is 40.6 Å². The number of β-lactam (4-membered cyclic amide) rings is 1. The number of hydrogen-bond acceptors (Lipinski definition) is 15. The number of thioether (sulfide) groups is 2. The number of anilines is 1. The Balaban J connectivity index is 1.41. The summed E-state index contributed by atoms with van der Waals surface area (Å²) in [5.74, 6) is -2.69. The number of carboxylic acid groups (broad SMARTS) is 1. The summed E-state index contributed by atoms with van der Waals surface area (Å²) >= 11 is 3.34. The van der Waals surface area contributed by atoms with Gasteiger partial charge in [0, 0.05) is 23.4 Å². The molecule has 17 nitrogen and oxygen atoms in total. The molecule has 0 spiro atoms. The van der Waals surface area contributed by atoms with Gasteiger partial charge in [-0.3, -0.25) is 24.0 Å². The first kappa shape index (κ1) is 28.2. The third-order valence-electron chi connectivity index (χ3n) is 5.70. The van der Waals surface area contributed by atoms with Gasteiger partial charge in [-0.2, -0.15) is 0 Å². The predicted molar refractivity (Wildman–Crippen MR) is 136 cm³/mol. The van der Waals surface area contributed by atoms with Crippen molar-refractivity contribution in [2.75, 3.05) is 37.6 Å². The SMILES string of the molecule is CON=C(C(=O)NC1C(=O)N2CC(CSc3nnnn3CC(=O)OC)(C(=O)O)CS[C@H]12)c1csc(NC=O)n1. The third kappa shape index (κ3) is 5.81. The molecule has 2 aromatic rings. The molecule has 3 atom stereocenters. The maximum atomic E-state index is 13.0. The first-order valence-corrected chi connectivity index (χ1v) is 13.8. The minimum Gasteiger partial charge on any atom is -0.481 e. The highest BCUT2D eigenvalue weighted by molar-refractivity contribution is 8.00. The Labute approximate surface area is 232 Å². The van der Waals surface area contributed by atoms with Crippen molar-refractivity contribution in [3.05, 3.63) is 11.1 Å². The maximum Gasteiger partial charge on any atom is 0.327 e. The molecule has 2 aliphatic rings. The van der Waals surface area contributed by atoms with Crippen LogP contribution in [0, 0.1) is 5.41 Å². The Morgan fingerprint density at radius 1 is 1.38 bits per heavy atom. The number of aliphatic carboxylic acids is 1. The minimum atomic E-state index is -1.33. The number of hydrogen-bond donors (Lipinski definition) is 3. The van der Waals surface area contributed by atoms with Crippen molar-refractivity contribution in [1.82, 2.24) is 35.4 Å². The van der Waals surface area contributed by atoms with Gasteiger partial charge in [0.05, 0.1) is 7.11 Å². The van der Waals surface area contributed by atoms with Crippen molar-refractivity contribution in [2.24, 2.45) is 10.6 Å². The van der Waals surface area contributed by atoms with Crippen LogP contribution in [0.5, 0.6) is 0 Å². The van der Waals surface area contributed by atoms with Crippen molar-refractivity contribution in [3.63, 3.8) is 0 Å². The van der Waals surface area contributed by atoms with Crippen LogP contribution in [0.3, 0.4) is 0 Å². The Morgan fingerprint density at radius 3 is 2.87 bits per heavy atom. The van der Waals surface area contributed by atoms with Crippen molar-refractivity contribution >= 4 is 75.9 Å². The third-order valence-corrected chi connectivity index (χ3v) is 9.30. The average molecular weight is 600 g/mol. The van der Waals surface area contributed by atoms with E-state index >= 15 is 0 Å². The number of nitrogens with one attached hydrogen (secondary N) is 2. The molecule has 20 heteroatoms. The smallest absolute Gasteiger partial charge is 0.327 e. The van der Waals surface area contributed by atoms with Gasteiger partial charge in [-0.15, -0.1) is 28.2 Å². The van der Waals surface area contributed by atoms with Crippen LogP contribution < -0.4 is 10.6 Å². The quantitative estimate of drug-likeness (QED) is 0.0630. The van der Waals surface area contributed by atoms with E-state index in [0.717, 1.165) is 23.1 Å². The maximum absolute atomic E-state index is 13.0. The zero-order chi connectivity index (χ0) is 28.2. The number of thiazole rings is 1. The van der Waals surface area contributed by atoms with Crippen molar-refractivity contribution in [2.45, 2.75) is 23.1 Å². The van der Waals surface area contributed by atoms with Gasteiger partial charge in [-0.1, -0.05) is 16.9 Å².